The van der Waals surface area contributed by atoms with Crippen LogP contribution in [0.2, 0.25) is 0 Å². The molecule has 0 saturated carbocycles. The van der Waals surface area contributed by atoms with Crippen LogP contribution in [0.4, 0.5) is 0 Å². The van der Waals surface area contributed by atoms with Gasteiger partial charge in [0.1, 0.15) is 12.4 Å². The van der Waals surface area contributed by atoms with Crippen LogP contribution in [0.25, 0.3) is 0 Å². The largest absolute Gasteiger partial charge is 0.467 e. The van der Waals surface area contributed by atoms with Gasteiger partial charge in [-0.25, -0.2) is 0 Å². The molecule has 21 heavy (non-hydrogen) atoms. The van der Waals surface area contributed by atoms with E-state index in [-0.39, 0.29) is 11.3 Å². The van der Waals surface area contributed by atoms with Crippen molar-refractivity contribution in [1.29, 1.82) is 0 Å². The highest BCUT2D eigenvalue weighted by atomic mass is 16.5. The molecule has 1 aromatic heterocycles. The number of hydrogen-bond acceptors (Lipinski definition) is 4. The average molecular weight is 294 g/mol. The van der Waals surface area contributed by atoms with E-state index in [1.807, 2.05) is 12.1 Å². The lowest BCUT2D eigenvalue weighted by Gasteiger charge is -2.35. The Kier molecular flexibility index (Phi) is 6.26. The molecule has 1 fully saturated rings. The van der Waals surface area contributed by atoms with Gasteiger partial charge in [-0.15, -0.1) is 0 Å². The van der Waals surface area contributed by atoms with E-state index in [1.165, 1.54) is 0 Å². The zero-order chi connectivity index (χ0) is 15.0. The van der Waals surface area contributed by atoms with Crippen molar-refractivity contribution in [3.63, 3.8) is 0 Å². The molecule has 0 atom stereocenters. The van der Waals surface area contributed by atoms with Crippen LogP contribution in [-0.4, -0.2) is 32.1 Å². The van der Waals surface area contributed by atoms with Gasteiger partial charge < -0.3 is 19.8 Å². The van der Waals surface area contributed by atoms with Gasteiger partial charge >= 0.3 is 0 Å². The fourth-order valence-electron chi connectivity index (χ4n) is 2.78. The van der Waals surface area contributed by atoms with Crippen LogP contribution in [0, 0.1) is 5.41 Å². The molecule has 0 aromatic carbocycles. The number of amides is 1. The highest BCUT2D eigenvalue weighted by Gasteiger charge is 2.37. The monoisotopic (exact) mass is 294 g/mol. The fraction of sp³-hybridized carbons (Fsp3) is 0.688. The van der Waals surface area contributed by atoms with E-state index < -0.39 is 0 Å². The van der Waals surface area contributed by atoms with Crippen molar-refractivity contribution in [2.45, 2.75) is 39.2 Å². The molecular formula is C16H26N2O3. The molecule has 1 aliphatic heterocycles. The molecule has 0 aliphatic carbocycles. The SMILES string of the molecule is CCC1(C(=O)NCCCOCc2ccco2)CCNCC1. The van der Waals surface area contributed by atoms with Crippen LogP contribution in [0.5, 0.6) is 0 Å². The van der Waals surface area contributed by atoms with Crippen molar-refractivity contribution in [3.05, 3.63) is 24.2 Å². The smallest absolute Gasteiger partial charge is 0.226 e. The summed E-state index contributed by atoms with van der Waals surface area (Å²) in [5.41, 5.74) is -0.166. The second kappa shape index (κ2) is 8.20. The summed E-state index contributed by atoms with van der Waals surface area (Å²) >= 11 is 0. The molecule has 1 aliphatic rings. The maximum absolute atomic E-state index is 12.4. The quantitative estimate of drug-likeness (QED) is 0.721. The van der Waals surface area contributed by atoms with E-state index in [9.17, 15) is 4.79 Å². The van der Waals surface area contributed by atoms with Gasteiger partial charge in [0.25, 0.3) is 0 Å². The molecule has 118 valence electrons. The van der Waals surface area contributed by atoms with E-state index in [0.29, 0.717) is 19.8 Å². The minimum atomic E-state index is -0.166. The summed E-state index contributed by atoms with van der Waals surface area (Å²) in [6.07, 6.45) is 5.25. The van der Waals surface area contributed by atoms with Crippen molar-refractivity contribution in [3.8, 4) is 0 Å². The lowest BCUT2D eigenvalue weighted by molar-refractivity contribution is -0.132. The normalized spacial score (nSPS) is 17.6. The molecule has 0 spiro atoms. The van der Waals surface area contributed by atoms with Crippen LogP contribution in [0.3, 0.4) is 0 Å². The molecule has 1 aromatic rings. The molecule has 0 unspecified atom stereocenters. The van der Waals surface area contributed by atoms with Crippen molar-refractivity contribution in [2.75, 3.05) is 26.2 Å². The van der Waals surface area contributed by atoms with Gasteiger partial charge in [-0.05, 0) is 50.9 Å². The van der Waals surface area contributed by atoms with E-state index in [2.05, 4.69) is 17.6 Å². The summed E-state index contributed by atoms with van der Waals surface area (Å²) in [7, 11) is 0. The molecule has 5 heteroatoms. The second-order valence-corrected chi connectivity index (χ2v) is 5.63. The fourth-order valence-corrected chi connectivity index (χ4v) is 2.78. The first-order chi connectivity index (χ1) is 10.3. The predicted molar refractivity (Wildman–Crippen MR) is 80.8 cm³/mol. The Bertz CT molecular complexity index is 411. The molecule has 2 N–H and O–H groups in total. The van der Waals surface area contributed by atoms with Gasteiger partial charge in [0.2, 0.25) is 5.91 Å². The third kappa shape index (κ3) is 4.58. The lowest BCUT2D eigenvalue weighted by Crippen LogP contribution is -2.47. The highest BCUT2D eigenvalue weighted by Crippen LogP contribution is 2.32. The third-order valence-corrected chi connectivity index (χ3v) is 4.29. The Balaban J connectivity index is 1.60. The van der Waals surface area contributed by atoms with Gasteiger partial charge in [0.05, 0.1) is 11.7 Å². The number of piperidine rings is 1. The summed E-state index contributed by atoms with van der Waals surface area (Å²) in [6, 6.07) is 3.74. The summed E-state index contributed by atoms with van der Waals surface area (Å²) in [4.78, 5) is 12.4. The van der Waals surface area contributed by atoms with Gasteiger partial charge in [0.15, 0.2) is 0 Å². The number of hydrogen-bond donors (Lipinski definition) is 2. The minimum absolute atomic E-state index is 0.166. The number of rotatable bonds is 8. The van der Waals surface area contributed by atoms with Crippen molar-refractivity contribution in [2.24, 2.45) is 5.41 Å². The molecule has 2 rings (SSSR count). The van der Waals surface area contributed by atoms with E-state index >= 15 is 0 Å². The molecule has 2 heterocycles. The molecular weight excluding hydrogens is 268 g/mol. The summed E-state index contributed by atoms with van der Waals surface area (Å²) in [5, 5.41) is 6.38. The Hall–Kier alpha value is -1.33. The first kappa shape index (κ1) is 16.0. The molecule has 1 saturated heterocycles. The first-order valence-corrected chi connectivity index (χ1v) is 7.86. The van der Waals surface area contributed by atoms with E-state index in [1.54, 1.807) is 6.26 Å². The maximum atomic E-state index is 12.4. The first-order valence-electron chi connectivity index (χ1n) is 7.86. The van der Waals surface area contributed by atoms with Gasteiger partial charge in [-0.1, -0.05) is 6.92 Å². The number of ether oxygens (including phenoxy) is 1. The average Bonchev–Trinajstić information content (AvgIpc) is 3.04. The molecule has 0 bridgehead atoms. The van der Waals surface area contributed by atoms with Crippen LogP contribution >= 0.6 is 0 Å². The maximum Gasteiger partial charge on any atom is 0.226 e. The zero-order valence-corrected chi connectivity index (χ0v) is 12.8. The van der Waals surface area contributed by atoms with Gasteiger partial charge in [0, 0.05) is 13.2 Å². The Labute approximate surface area is 126 Å². The van der Waals surface area contributed by atoms with Crippen LogP contribution < -0.4 is 10.6 Å². The molecule has 0 radical (unpaired) electrons. The van der Waals surface area contributed by atoms with Crippen LogP contribution in [-0.2, 0) is 16.1 Å². The minimum Gasteiger partial charge on any atom is -0.467 e. The highest BCUT2D eigenvalue weighted by molar-refractivity contribution is 5.82. The van der Waals surface area contributed by atoms with Crippen molar-refractivity contribution < 1.29 is 13.9 Å². The summed E-state index contributed by atoms with van der Waals surface area (Å²) in [6.45, 7) is 5.78. The Morgan fingerprint density at radius 3 is 2.95 bits per heavy atom. The van der Waals surface area contributed by atoms with Crippen LogP contribution in [0.15, 0.2) is 22.8 Å². The number of carbonyl (C=O) groups is 1. The second-order valence-electron chi connectivity index (χ2n) is 5.63. The summed E-state index contributed by atoms with van der Waals surface area (Å²) in [5.74, 6) is 1.04. The van der Waals surface area contributed by atoms with E-state index in [4.69, 9.17) is 9.15 Å². The van der Waals surface area contributed by atoms with E-state index in [0.717, 1.165) is 44.5 Å². The number of carbonyl (C=O) groups excluding carboxylic acids is 1. The molecule has 5 nitrogen and oxygen atoms in total. The standard InChI is InChI=1S/C16H26N2O3/c1-2-16(6-9-17-10-7-16)15(19)18-8-4-11-20-13-14-5-3-12-21-14/h3,5,12,17H,2,4,6-11,13H2,1H3,(H,18,19). The number of furan rings is 1. The van der Waals surface area contributed by atoms with Gasteiger partial charge in [-0.2, -0.15) is 0 Å². The third-order valence-electron chi connectivity index (χ3n) is 4.29. The molecule has 1 amide bonds. The predicted octanol–water partition coefficient (Wildman–Crippen LogP) is 2.08. The van der Waals surface area contributed by atoms with Crippen molar-refractivity contribution >= 4 is 5.91 Å². The topological polar surface area (TPSA) is 63.5 Å². The lowest BCUT2D eigenvalue weighted by atomic mass is 9.76. The van der Waals surface area contributed by atoms with Crippen molar-refractivity contribution in [1.82, 2.24) is 10.6 Å². The van der Waals surface area contributed by atoms with Gasteiger partial charge in [-0.3, -0.25) is 4.79 Å². The number of nitrogens with one attached hydrogen (secondary N) is 2. The zero-order valence-electron chi connectivity index (χ0n) is 12.8. The van der Waals surface area contributed by atoms with Crippen LogP contribution in [0.1, 0.15) is 38.4 Å². The Morgan fingerprint density at radius 1 is 1.48 bits per heavy atom. The summed E-state index contributed by atoms with van der Waals surface area (Å²) < 4.78 is 10.7. The Morgan fingerprint density at radius 2 is 2.29 bits per heavy atom.